The van der Waals surface area contributed by atoms with E-state index < -0.39 is 28.5 Å². The van der Waals surface area contributed by atoms with Gasteiger partial charge in [0.25, 0.3) is 11.1 Å². The van der Waals surface area contributed by atoms with E-state index in [1.54, 1.807) is 7.05 Å². The first-order chi connectivity index (χ1) is 25.2. The van der Waals surface area contributed by atoms with E-state index in [1.807, 2.05) is 31.2 Å². The van der Waals surface area contributed by atoms with Crippen molar-refractivity contribution >= 4 is 34.2 Å². The third-order valence-electron chi connectivity index (χ3n) is 8.71. The summed E-state index contributed by atoms with van der Waals surface area (Å²) in [5.41, 5.74) is 9.34. The van der Waals surface area contributed by atoms with E-state index in [1.165, 1.54) is 74.3 Å². The van der Waals surface area contributed by atoms with E-state index in [-0.39, 0.29) is 41.3 Å². The van der Waals surface area contributed by atoms with Crippen LogP contribution >= 0.6 is 0 Å². The molecular formula is C36H44N10O7. The smallest absolute Gasteiger partial charge is 0.332 e. The number of nitrogens with two attached hydrogens (primary N) is 1. The zero-order chi connectivity index (χ0) is 39.0. The number of imidazole rings is 2. The Kier molecular flexibility index (Phi) is 12.8. The second-order valence-corrected chi connectivity index (χ2v) is 12.4. The van der Waals surface area contributed by atoms with Gasteiger partial charge in [-0.25, -0.2) is 19.6 Å². The van der Waals surface area contributed by atoms with Gasteiger partial charge >= 0.3 is 17.3 Å². The molecule has 0 aliphatic carbocycles. The summed E-state index contributed by atoms with van der Waals surface area (Å²) in [6.45, 7) is 5.00. The third-order valence-corrected chi connectivity index (χ3v) is 8.71. The molecule has 0 saturated heterocycles. The Morgan fingerprint density at radius 2 is 1.11 bits per heavy atom. The van der Waals surface area contributed by atoms with Gasteiger partial charge in [0.05, 0.1) is 12.7 Å². The number of rotatable bonds is 9. The van der Waals surface area contributed by atoms with Gasteiger partial charge in [0.1, 0.15) is 13.1 Å². The molecule has 0 saturated carbocycles. The van der Waals surface area contributed by atoms with Crippen LogP contribution in [0.3, 0.4) is 0 Å². The van der Waals surface area contributed by atoms with Crippen molar-refractivity contribution in [3.63, 3.8) is 0 Å². The first-order valence-electron chi connectivity index (χ1n) is 16.7. The van der Waals surface area contributed by atoms with Gasteiger partial charge in [-0.2, -0.15) is 0 Å². The monoisotopic (exact) mass is 728 g/mol. The number of fused-ring (bicyclic) bond motifs is 2. The maximum atomic E-state index is 12.4. The highest BCUT2D eigenvalue weighted by atomic mass is 16.4. The zero-order valence-corrected chi connectivity index (χ0v) is 30.6. The Bertz CT molecular complexity index is 2520. The maximum Gasteiger partial charge on any atom is 0.332 e. The Morgan fingerprint density at radius 3 is 1.55 bits per heavy atom. The molecule has 0 fully saturated rings. The number of hydrogen-bond acceptors (Lipinski definition) is 9. The van der Waals surface area contributed by atoms with Crippen LogP contribution in [-0.2, 0) is 63.7 Å². The second-order valence-electron chi connectivity index (χ2n) is 12.4. The highest BCUT2D eigenvalue weighted by molar-refractivity contribution is 5.79. The Hall–Kier alpha value is -6.36. The van der Waals surface area contributed by atoms with Crippen molar-refractivity contribution in [1.82, 2.24) is 42.7 Å². The number of aliphatic carboxylic acids is 1. The number of aromatic nitrogens is 8. The number of carbonyl (C=O) groups is 2. The zero-order valence-electron chi connectivity index (χ0n) is 30.6. The van der Waals surface area contributed by atoms with Crippen LogP contribution in [0.5, 0.6) is 0 Å². The van der Waals surface area contributed by atoms with Gasteiger partial charge < -0.3 is 25.3 Å². The van der Waals surface area contributed by atoms with E-state index in [4.69, 9.17) is 10.8 Å². The van der Waals surface area contributed by atoms with Crippen LogP contribution in [0, 0.1) is 13.8 Å². The predicted octanol–water partition coefficient (Wildman–Crippen LogP) is 0.116. The molecule has 17 nitrogen and oxygen atoms in total. The number of amides is 1. The largest absolute Gasteiger partial charge is 0.480 e. The lowest BCUT2D eigenvalue weighted by molar-refractivity contribution is -0.137. The van der Waals surface area contributed by atoms with Crippen LogP contribution in [0.25, 0.3) is 22.3 Å². The minimum atomic E-state index is -1.08. The van der Waals surface area contributed by atoms with Crippen molar-refractivity contribution in [2.45, 2.75) is 39.8 Å². The van der Waals surface area contributed by atoms with Crippen LogP contribution in [0.2, 0.25) is 0 Å². The number of benzene rings is 2. The molecule has 0 bridgehead atoms. The van der Waals surface area contributed by atoms with Crippen molar-refractivity contribution < 1.29 is 14.7 Å². The van der Waals surface area contributed by atoms with Gasteiger partial charge in [-0.15, -0.1) is 0 Å². The fourth-order valence-electron chi connectivity index (χ4n) is 5.66. The van der Waals surface area contributed by atoms with Crippen LogP contribution < -0.4 is 33.5 Å². The van der Waals surface area contributed by atoms with E-state index in [0.29, 0.717) is 6.54 Å². The number of nitrogens with zero attached hydrogens (tertiary/aromatic N) is 8. The molecule has 0 spiro atoms. The van der Waals surface area contributed by atoms with Crippen LogP contribution in [0.1, 0.15) is 22.3 Å². The number of hydrogen-bond donors (Lipinski definition) is 3. The second kappa shape index (κ2) is 17.2. The minimum Gasteiger partial charge on any atom is -0.480 e. The highest BCUT2D eigenvalue weighted by Gasteiger charge is 2.17. The lowest BCUT2D eigenvalue weighted by atomic mass is 10.1. The fraction of sp³-hybridized carbons (Fsp3) is 0.333. The lowest BCUT2D eigenvalue weighted by Gasteiger charge is -2.09. The number of aryl methyl sites for hydroxylation is 4. The van der Waals surface area contributed by atoms with E-state index >= 15 is 0 Å². The summed E-state index contributed by atoms with van der Waals surface area (Å²) in [4.78, 5) is 78.6. The molecule has 53 heavy (non-hydrogen) atoms. The third kappa shape index (κ3) is 8.93. The molecule has 4 aromatic heterocycles. The van der Waals surface area contributed by atoms with E-state index in [9.17, 15) is 28.8 Å². The van der Waals surface area contributed by atoms with Crippen molar-refractivity contribution in [2.24, 2.45) is 33.9 Å². The van der Waals surface area contributed by atoms with Crippen LogP contribution in [0.4, 0.5) is 0 Å². The highest BCUT2D eigenvalue weighted by Crippen LogP contribution is 2.09. The van der Waals surface area contributed by atoms with Crippen molar-refractivity contribution in [3.05, 3.63) is 125 Å². The van der Waals surface area contributed by atoms with Crippen LogP contribution in [0.15, 0.2) is 80.4 Å². The van der Waals surface area contributed by atoms with Gasteiger partial charge in [0.15, 0.2) is 22.3 Å². The molecule has 4 N–H and O–H groups in total. The summed E-state index contributed by atoms with van der Waals surface area (Å²) in [5, 5.41) is 11.6. The summed E-state index contributed by atoms with van der Waals surface area (Å²) in [7, 11) is 5.76. The van der Waals surface area contributed by atoms with Gasteiger partial charge in [-0.3, -0.25) is 37.4 Å². The SMILES string of the molecule is Cc1ccccc1CCN.Cc1ccccc1CCNC(=O)Cn1cnc2c1c(=O)n(C)c(=O)n2C.Cn1c(=O)c2c(ncn2CC(=O)O)n(C)c1=O. The molecule has 6 rings (SSSR count). The topological polar surface area (TPSA) is 216 Å². The average molecular weight is 729 g/mol. The van der Waals surface area contributed by atoms with E-state index in [2.05, 4.69) is 46.5 Å². The van der Waals surface area contributed by atoms with Crippen molar-refractivity contribution in [1.29, 1.82) is 0 Å². The van der Waals surface area contributed by atoms with Gasteiger partial charge in [0.2, 0.25) is 5.91 Å². The first-order valence-corrected chi connectivity index (χ1v) is 16.7. The molecule has 0 unspecified atom stereocenters. The molecule has 6 aromatic rings. The number of carboxylic acid groups (broad SMARTS) is 1. The number of nitrogens with one attached hydrogen (secondary N) is 1. The quantitative estimate of drug-likeness (QED) is 0.183. The van der Waals surface area contributed by atoms with Crippen molar-refractivity contribution in [3.8, 4) is 0 Å². The molecule has 280 valence electrons. The molecule has 0 atom stereocenters. The fourth-order valence-corrected chi connectivity index (χ4v) is 5.66. The molecule has 4 heterocycles. The Labute approximate surface area is 303 Å². The first kappa shape index (κ1) is 39.4. The van der Waals surface area contributed by atoms with Gasteiger partial charge in [0, 0.05) is 34.7 Å². The maximum absolute atomic E-state index is 12.4. The summed E-state index contributed by atoms with van der Waals surface area (Å²) in [6.07, 6.45) is 4.37. The normalized spacial score (nSPS) is 10.8. The molecule has 0 radical (unpaired) electrons. The molecule has 0 aliphatic heterocycles. The van der Waals surface area contributed by atoms with Gasteiger partial charge in [-0.1, -0.05) is 48.5 Å². The Balaban J connectivity index is 0.000000198. The molecule has 17 heteroatoms. The average Bonchev–Trinajstić information content (AvgIpc) is 3.75. The Morgan fingerprint density at radius 1 is 0.679 bits per heavy atom. The number of carboxylic acids is 1. The summed E-state index contributed by atoms with van der Waals surface area (Å²) in [5.74, 6) is -1.30. The van der Waals surface area contributed by atoms with E-state index in [0.717, 1.165) is 28.5 Å². The summed E-state index contributed by atoms with van der Waals surface area (Å²) >= 11 is 0. The summed E-state index contributed by atoms with van der Waals surface area (Å²) in [6, 6.07) is 16.4. The summed E-state index contributed by atoms with van der Waals surface area (Å²) < 4.78 is 7.11. The number of carbonyl (C=O) groups excluding carboxylic acids is 1. The lowest BCUT2D eigenvalue weighted by Crippen LogP contribution is -2.38. The molecular weight excluding hydrogens is 684 g/mol. The molecule has 0 aliphatic rings. The van der Waals surface area contributed by atoms with Gasteiger partial charge in [-0.05, 0) is 55.5 Å². The van der Waals surface area contributed by atoms with Crippen LogP contribution in [-0.4, -0.2) is 67.4 Å². The standard InChI is InChI=1S/C18H21N5O3.C9H10N4O4.C9H13N/c1-12-6-4-5-7-13(12)8-9-19-14(24)10-23-11-20-16-15(23)17(25)22(3)18(26)21(16)2;1-11-7-6(8(16)12(2)9(11)17)13(4-10-7)3-5(14)15;1-8-4-2-3-5-9(8)6-7-10/h4-7,11H,8-10H2,1-3H3,(H,19,24);4H,3H2,1-2H3,(H,14,15);2-5H,6-7,10H2,1H3. The molecule has 2 aromatic carbocycles. The predicted molar refractivity (Wildman–Crippen MR) is 200 cm³/mol. The minimum absolute atomic E-state index is 0.0300. The van der Waals surface area contributed by atoms with Crippen molar-refractivity contribution in [2.75, 3.05) is 13.1 Å². The molecule has 1 amide bonds.